The van der Waals surface area contributed by atoms with E-state index in [2.05, 4.69) is 22.1 Å². The molecule has 6 nitrogen and oxygen atoms in total. The summed E-state index contributed by atoms with van der Waals surface area (Å²) >= 11 is 2.84. The summed E-state index contributed by atoms with van der Waals surface area (Å²) in [4.78, 5) is 26.4. The molecule has 3 rings (SSSR count). The highest BCUT2D eigenvalue weighted by Crippen LogP contribution is 2.28. The van der Waals surface area contributed by atoms with Gasteiger partial charge in [0.2, 0.25) is 16.9 Å². The molecule has 25 heavy (non-hydrogen) atoms. The van der Waals surface area contributed by atoms with Gasteiger partial charge in [-0.25, -0.2) is 0 Å². The van der Waals surface area contributed by atoms with Crippen LogP contribution < -0.4 is 10.2 Å². The smallest absolute Gasteiger partial charge is 0.231 e. The molecule has 1 aromatic heterocycles. The number of aryl methyl sites for hydroxylation is 1. The van der Waals surface area contributed by atoms with Gasteiger partial charge in [0, 0.05) is 24.4 Å². The molecule has 0 aliphatic carbocycles. The van der Waals surface area contributed by atoms with Gasteiger partial charge >= 0.3 is 0 Å². The molecule has 2 aromatic rings. The number of hydrogen-bond donors (Lipinski definition) is 1. The zero-order valence-corrected chi connectivity index (χ0v) is 15.4. The van der Waals surface area contributed by atoms with Crippen molar-refractivity contribution in [1.82, 2.24) is 10.2 Å². The van der Waals surface area contributed by atoms with Crippen molar-refractivity contribution in [3.8, 4) is 0 Å². The Kier molecular flexibility index (Phi) is 5.50. The third kappa shape index (κ3) is 4.26. The van der Waals surface area contributed by atoms with Crippen molar-refractivity contribution in [3.05, 3.63) is 42.5 Å². The van der Waals surface area contributed by atoms with Crippen molar-refractivity contribution in [3.63, 3.8) is 0 Å². The molecular weight excluding hydrogens is 356 g/mol. The Hall–Kier alpha value is -2.19. The van der Waals surface area contributed by atoms with Gasteiger partial charge in [0.15, 0.2) is 4.34 Å². The zero-order valence-electron chi connectivity index (χ0n) is 13.8. The minimum atomic E-state index is -0.388. The van der Waals surface area contributed by atoms with Crippen LogP contribution in [0.5, 0.6) is 0 Å². The number of amides is 2. The minimum Gasteiger partial charge on any atom is -0.312 e. The number of anilines is 2. The Labute approximate surface area is 154 Å². The van der Waals surface area contributed by atoms with Gasteiger partial charge in [-0.3, -0.25) is 9.59 Å². The van der Waals surface area contributed by atoms with Gasteiger partial charge in [-0.1, -0.05) is 41.3 Å². The highest BCUT2D eigenvalue weighted by Gasteiger charge is 2.35. The summed E-state index contributed by atoms with van der Waals surface area (Å²) in [5.74, 6) is 0.122. The van der Waals surface area contributed by atoms with E-state index in [9.17, 15) is 9.59 Å². The second-order valence-corrected chi connectivity index (χ2v) is 7.95. The van der Waals surface area contributed by atoms with Crippen LogP contribution in [0.2, 0.25) is 0 Å². The number of thioether (sulfide) groups is 1. The number of carbonyl (C=O) groups is 2. The Morgan fingerprint density at radius 1 is 1.52 bits per heavy atom. The van der Waals surface area contributed by atoms with Crippen LogP contribution in [0.15, 0.2) is 41.3 Å². The zero-order chi connectivity index (χ0) is 17.8. The van der Waals surface area contributed by atoms with E-state index in [1.54, 1.807) is 11.0 Å². The van der Waals surface area contributed by atoms with Crippen molar-refractivity contribution >= 4 is 45.7 Å². The molecule has 1 N–H and O–H groups in total. The number of benzene rings is 1. The lowest BCUT2D eigenvalue weighted by atomic mass is 10.1. The van der Waals surface area contributed by atoms with E-state index in [0.717, 1.165) is 21.3 Å². The molecule has 2 amide bonds. The number of aromatic nitrogens is 2. The molecule has 1 atom stereocenters. The van der Waals surface area contributed by atoms with E-state index in [1.807, 2.05) is 31.2 Å². The molecule has 8 heteroatoms. The fraction of sp³-hybridized carbons (Fsp3) is 0.294. The van der Waals surface area contributed by atoms with Crippen molar-refractivity contribution < 1.29 is 9.59 Å². The predicted octanol–water partition coefficient (Wildman–Crippen LogP) is 3.12. The molecule has 1 aromatic carbocycles. The molecule has 1 aliphatic rings. The predicted molar refractivity (Wildman–Crippen MR) is 101 cm³/mol. The van der Waals surface area contributed by atoms with Crippen molar-refractivity contribution in [1.29, 1.82) is 0 Å². The van der Waals surface area contributed by atoms with Crippen molar-refractivity contribution in [2.45, 2.75) is 17.7 Å². The first kappa shape index (κ1) is 17.6. The Bertz CT molecular complexity index is 805. The van der Waals surface area contributed by atoms with E-state index in [4.69, 9.17) is 0 Å². The summed E-state index contributed by atoms with van der Waals surface area (Å²) in [5.41, 5.74) is 1.91. The van der Waals surface area contributed by atoms with Crippen LogP contribution in [0.1, 0.15) is 12.0 Å². The molecule has 0 bridgehead atoms. The fourth-order valence-corrected chi connectivity index (χ4v) is 4.10. The third-order valence-corrected chi connectivity index (χ3v) is 5.74. The summed E-state index contributed by atoms with van der Waals surface area (Å²) in [6.07, 6.45) is 1.99. The number of nitrogens with zero attached hydrogens (tertiary/aromatic N) is 3. The van der Waals surface area contributed by atoms with E-state index in [0.29, 0.717) is 11.7 Å². The molecule has 1 fully saturated rings. The lowest BCUT2D eigenvalue weighted by molar-refractivity contribution is -0.122. The number of nitrogens with one attached hydrogen (secondary N) is 1. The molecule has 1 aliphatic heterocycles. The Morgan fingerprint density at radius 2 is 2.36 bits per heavy atom. The summed E-state index contributed by atoms with van der Waals surface area (Å²) in [6.45, 7) is 6.01. The largest absolute Gasteiger partial charge is 0.312 e. The second-order valence-electron chi connectivity index (χ2n) is 5.71. The van der Waals surface area contributed by atoms with Gasteiger partial charge in [0.25, 0.3) is 0 Å². The number of rotatable bonds is 6. The van der Waals surface area contributed by atoms with Crippen LogP contribution in [0.3, 0.4) is 0 Å². The van der Waals surface area contributed by atoms with E-state index >= 15 is 0 Å². The molecule has 1 saturated heterocycles. The molecule has 0 radical (unpaired) electrons. The van der Waals surface area contributed by atoms with Crippen LogP contribution in [0.25, 0.3) is 0 Å². The normalized spacial score (nSPS) is 16.9. The van der Waals surface area contributed by atoms with E-state index < -0.39 is 0 Å². The van der Waals surface area contributed by atoms with E-state index in [1.165, 1.54) is 23.1 Å². The highest BCUT2D eigenvalue weighted by molar-refractivity contribution is 8.01. The van der Waals surface area contributed by atoms with Crippen LogP contribution >= 0.6 is 23.1 Å². The maximum absolute atomic E-state index is 12.5. The summed E-state index contributed by atoms with van der Waals surface area (Å²) < 4.78 is 0.777. The lowest BCUT2D eigenvalue weighted by Gasteiger charge is -2.17. The first-order valence-corrected chi connectivity index (χ1v) is 9.62. The topological polar surface area (TPSA) is 75.2 Å². The van der Waals surface area contributed by atoms with Gasteiger partial charge in [-0.05, 0) is 24.6 Å². The van der Waals surface area contributed by atoms with Crippen LogP contribution in [0.4, 0.5) is 10.8 Å². The van der Waals surface area contributed by atoms with Gasteiger partial charge in [-0.15, -0.1) is 16.8 Å². The quantitative estimate of drug-likeness (QED) is 0.478. The number of hydrogen-bond acceptors (Lipinski definition) is 6. The molecular formula is C17H18N4O2S2. The highest BCUT2D eigenvalue weighted by atomic mass is 32.2. The molecule has 0 spiro atoms. The maximum atomic E-state index is 12.5. The van der Waals surface area contributed by atoms with Crippen molar-refractivity contribution in [2.24, 2.45) is 5.92 Å². The van der Waals surface area contributed by atoms with Crippen molar-refractivity contribution in [2.75, 3.05) is 22.5 Å². The Balaban J connectivity index is 1.62. The first-order valence-electron chi connectivity index (χ1n) is 7.82. The lowest BCUT2D eigenvalue weighted by Crippen LogP contribution is -2.28. The fourth-order valence-electron chi connectivity index (χ4n) is 2.58. The first-order chi connectivity index (χ1) is 12.1. The second kappa shape index (κ2) is 7.79. The molecule has 0 saturated carbocycles. The minimum absolute atomic E-state index is 0.0368. The van der Waals surface area contributed by atoms with Gasteiger partial charge in [-0.2, -0.15) is 0 Å². The number of carbonyl (C=O) groups excluding carboxylic acids is 2. The maximum Gasteiger partial charge on any atom is 0.231 e. The monoisotopic (exact) mass is 374 g/mol. The molecule has 0 unspecified atom stereocenters. The SMILES string of the molecule is C=CCSc1nnc(NC(=O)[C@@H]2CC(=O)N(c3cccc(C)c3)C2)s1. The summed E-state index contributed by atoms with van der Waals surface area (Å²) in [7, 11) is 0. The summed E-state index contributed by atoms with van der Waals surface area (Å²) in [5, 5.41) is 11.2. The Morgan fingerprint density at radius 3 is 3.12 bits per heavy atom. The molecule has 130 valence electrons. The average molecular weight is 374 g/mol. The third-order valence-electron chi connectivity index (χ3n) is 3.77. The summed E-state index contributed by atoms with van der Waals surface area (Å²) in [6, 6.07) is 7.73. The van der Waals surface area contributed by atoms with Gasteiger partial charge in [0.05, 0.1) is 5.92 Å². The average Bonchev–Trinajstić information content (AvgIpc) is 3.19. The van der Waals surface area contributed by atoms with Crippen LogP contribution in [-0.2, 0) is 9.59 Å². The molecule has 2 heterocycles. The van der Waals surface area contributed by atoms with Gasteiger partial charge in [0.1, 0.15) is 0 Å². The van der Waals surface area contributed by atoms with Crippen LogP contribution in [0, 0.1) is 12.8 Å². The van der Waals surface area contributed by atoms with Gasteiger partial charge < -0.3 is 10.2 Å². The van der Waals surface area contributed by atoms with E-state index in [-0.39, 0.29) is 24.2 Å². The standard InChI is InChI=1S/C17H18N4O2S2/c1-3-7-24-17-20-19-16(25-17)18-15(23)12-9-14(22)21(10-12)13-6-4-5-11(2)8-13/h3-6,8,12H,1,7,9-10H2,2H3,(H,18,19,23)/t12-/m1/s1. The van der Waals surface area contributed by atoms with Crippen LogP contribution in [-0.4, -0.2) is 34.3 Å².